The molecule has 4 aromatic carbocycles. The molecule has 0 aromatic heterocycles. The molecule has 0 radical (unpaired) electrons. The van der Waals surface area contributed by atoms with Crippen LogP contribution in [0.2, 0.25) is 0 Å². The number of ether oxygens (including phenoxy) is 3. The fourth-order valence-corrected chi connectivity index (χ4v) is 4.57. The lowest BCUT2D eigenvalue weighted by molar-refractivity contribution is -0.138. The number of hydrogen-bond acceptors (Lipinski definition) is 5. The van der Waals surface area contributed by atoms with Crippen molar-refractivity contribution in [1.29, 1.82) is 0 Å². The Bertz CT molecular complexity index is 1540. The standard InChI is InChI=1S/C33H32O5/c1-5-36-29-17-14-26-21-24(12-19-31(35)38-7-3)10-16-28(26)33(29)32-22(4)8-13-25-20-23(9-15-27(25)32)11-18-30(34)37-6-2/h8-21H,5-7H2,1-4H3/b18-11+,19-12+. The summed E-state index contributed by atoms with van der Waals surface area (Å²) in [7, 11) is 0. The van der Waals surface area contributed by atoms with Crippen molar-refractivity contribution in [2.45, 2.75) is 27.7 Å². The van der Waals surface area contributed by atoms with Crippen LogP contribution in [0.15, 0.2) is 72.8 Å². The summed E-state index contributed by atoms with van der Waals surface area (Å²) in [5, 5.41) is 4.26. The van der Waals surface area contributed by atoms with Crippen LogP contribution in [0.5, 0.6) is 5.75 Å². The lowest BCUT2D eigenvalue weighted by atomic mass is 9.89. The topological polar surface area (TPSA) is 61.8 Å². The molecule has 0 saturated heterocycles. The number of benzene rings is 4. The van der Waals surface area contributed by atoms with Gasteiger partial charge in [-0.15, -0.1) is 0 Å². The van der Waals surface area contributed by atoms with Crippen LogP contribution in [0, 0.1) is 6.92 Å². The first-order chi connectivity index (χ1) is 18.4. The largest absolute Gasteiger partial charge is 0.493 e. The molecule has 194 valence electrons. The van der Waals surface area contributed by atoms with Gasteiger partial charge in [-0.25, -0.2) is 9.59 Å². The highest BCUT2D eigenvalue weighted by Crippen LogP contribution is 2.43. The molecule has 4 rings (SSSR count). The minimum absolute atomic E-state index is 0.345. The van der Waals surface area contributed by atoms with Crippen molar-refractivity contribution >= 4 is 45.6 Å². The molecule has 0 atom stereocenters. The van der Waals surface area contributed by atoms with Gasteiger partial charge in [-0.3, -0.25) is 0 Å². The highest BCUT2D eigenvalue weighted by Gasteiger charge is 2.17. The molecule has 0 spiro atoms. The molecule has 0 amide bonds. The van der Waals surface area contributed by atoms with E-state index in [0.29, 0.717) is 19.8 Å². The van der Waals surface area contributed by atoms with Crippen LogP contribution < -0.4 is 4.74 Å². The number of hydrogen-bond donors (Lipinski definition) is 0. The lowest BCUT2D eigenvalue weighted by Gasteiger charge is -2.18. The Morgan fingerprint density at radius 3 is 1.71 bits per heavy atom. The Labute approximate surface area is 223 Å². The van der Waals surface area contributed by atoms with Crippen LogP contribution in [0.4, 0.5) is 0 Å². The molecule has 0 aliphatic carbocycles. The molecule has 5 nitrogen and oxygen atoms in total. The van der Waals surface area contributed by atoms with E-state index >= 15 is 0 Å². The van der Waals surface area contributed by atoms with Gasteiger partial charge in [0.25, 0.3) is 0 Å². The SMILES string of the molecule is CCOC(=O)/C=C/c1ccc2c(-c3c(OCC)ccc4cc(/C=C/C(=O)OCC)ccc34)c(C)ccc2c1. The Balaban J connectivity index is 1.85. The number of esters is 2. The number of carbonyl (C=O) groups excluding carboxylic acids is 2. The average molecular weight is 509 g/mol. The van der Waals surface area contributed by atoms with Gasteiger partial charge in [-0.05, 0) is 102 Å². The Morgan fingerprint density at radius 1 is 0.658 bits per heavy atom. The fourth-order valence-electron chi connectivity index (χ4n) is 4.57. The van der Waals surface area contributed by atoms with E-state index in [1.807, 2.05) is 31.2 Å². The molecule has 0 aliphatic rings. The summed E-state index contributed by atoms with van der Waals surface area (Å²) < 4.78 is 16.1. The first kappa shape index (κ1) is 26.7. The van der Waals surface area contributed by atoms with Crippen LogP contribution in [-0.2, 0) is 19.1 Å². The van der Waals surface area contributed by atoms with Crippen molar-refractivity contribution in [3.8, 4) is 16.9 Å². The monoisotopic (exact) mass is 508 g/mol. The van der Waals surface area contributed by atoms with Gasteiger partial charge in [0.1, 0.15) is 5.75 Å². The van der Waals surface area contributed by atoms with Crippen molar-refractivity contribution in [2.75, 3.05) is 19.8 Å². The number of carbonyl (C=O) groups is 2. The van der Waals surface area contributed by atoms with E-state index < -0.39 is 0 Å². The van der Waals surface area contributed by atoms with Crippen LogP contribution in [-0.4, -0.2) is 31.8 Å². The first-order valence-electron chi connectivity index (χ1n) is 12.9. The van der Waals surface area contributed by atoms with E-state index in [9.17, 15) is 9.59 Å². The summed E-state index contributed by atoms with van der Waals surface area (Å²) in [5.41, 5.74) is 5.09. The van der Waals surface area contributed by atoms with Crippen LogP contribution in [0.25, 0.3) is 44.8 Å². The van der Waals surface area contributed by atoms with Gasteiger partial charge in [0.2, 0.25) is 0 Å². The molecule has 0 unspecified atom stereocenters. The fraction of sp³-hybridized carbons (Fsp3) is 0.212. The van der Waals surface area contributed by atoms with Gasteiger partial charge in [-0.2, -0.15) is 0 Å². The zero-order chi connectivity index (χ0) is 27.1. The second-order valence-electron chi connectivity index (χ2n) is 8.76. The van der Waals surface area contributed by atoms with Gasteiger partial charge in [0.05, 0.1) is 19.8 Å². The smallest absolute Gasteiger partial charge is 0.330 e. The minimum Gasteiger partial charge on any atom is -0.493 e. The predicted molar refractivity (Wildman–Crippen MR) is 154 cm³/mol. The van der Waals surface area contributed by atoms with Gasteiger partial charge in [-0.1, -0.05) is 42.5 Å². The third-order valence-electron chi connectivity index (χ3n) is 6.20. The maximum atomic E-state index is 11.8. The normalized spacial score (nSPS) is 11.5. The first-order valence-corrected chi connectivity index (χ1v) is 12.9. The van der Waals surface area contributed by atoms with Gasteiger partial charge < -0.3 is 14.2 Å². The van der Waals surface area contributed by atoms with Crippen molar-refractivity contribution in [3.05, 3.63) is 89.5 Å². The Hall–Kier alpha value is -4.38. The van der Waals surface area contributed by atoms with E-state index in [2.05, 4.69) is 43.3 Å². The molecule has 0 bridgehead atoms. The summed E-state index contributed by atoms with van der Waals surface area (Å²) in [4.78, 5) is 23.5. The van der Waals surface area contributed by atoms with Crippen molar-refractivity contribution in [2.24, 2.45) is 0 Å². The third-order valence-corrected chi connectivity index (χ3v) is 6.20. The average Bonchev–Trinajstić information content (AvgIpc) is 2.91. The molecule has 0 aliphatic heterocycles. The van der Waals surface area contributed by atoms with E-state index in [-0.39, 0.29) is 11.9 Å². The van der Waals surface area contributed by atoms with Gasteiger partial charge in [0, 0.05) is 17.7 Å². The highest BCUT2D eigenvalue weighted by molar-refractivity contribution is 6.09. The number of fused-ring (bicyclic) bond motifs is 2. The summed E-state index contributed by atoms with van der Waals surface area (Å²) in [5.74, 6) is 0.102. The predicted octanol–water partition coefficient (Wildman–Crippen LogP) is 7.52. The molecule has 4 aromatic rings. The van der Waals surface area contributed by atoms with E-state index in [1.165, 1.54) is 12.2 Å². The minimum atomic E-state index is -0.358. The van der Waals surface area contributed by atoms with Crippen molar-refractivity contribution in [1.82, 2.24) is 0 Å². The van der Waals surface area contributed by atoms with Crippen LogP contribution in [0.3, 0.4) is 0 Å². The number of rotatable bonds is 9. The zero-order valence-electron chi connectivity index (χ0n) is 22.2. The molecule has 38 heavy (non-hydrogen) atoms. The second kappa shape index (κ2) is 12.2. The maximum Gasteiger partial charge on any atom is 0.330 e. The quantitative estimate of drug-likeness (QED) is 0.173. The van der Waals surface area contributed by atoms with Gasteiger partial charge >= 0.3 is 11.9 Å². The molecule has 0 fully saturated rings. The summed E-state index contributed by atoms with van der Waals surface area (Å²) in [6, 6.07) is 20.6. The lowest BCUT2D eigenvalue weighted by Crippen LogP contribution is -1.99. The summed E-state index contributed by atoms with van der Waals surface area (Å²) in [6.45, 7) is 8.90. The Kier molecular flexibility index (Phi) is 8.59. The molecule has 0 N–H and O–H groups in total. The molecule has 0 heterocycles. The van der Waals surface area contributed by atoms with E-state index in [4.69, 9.17) is 14.2 Å². The molecule has 5 heteroatoms. The third kappa shape index (κ3) is 5.94. The molecule has 0 saturated carbocycles. The van der Waals surface area contributed by atoms with Crippen LogP contribution in [0.1, 0.15) is 37.5 Å². The van der Waals surface area contributed by atoms with Crippen molar-refractivity contribution in [3.63, 3.8) is 0 Å². The van der Waals surface area contributed by atoms with E-state index in [1.54, 1.807) is 26.0 Å². The second-order valence-corrected chi connectivity index (χ2v) is 8.76. The molecular formula is C33H32O5. The number of aryl methyl sites for hydroxylation is 1. The van der Waals surface area contributed by atoms with Crippen molar-refractivity contribution < 1.29 is 23.8 Å². The zero-order valence-corrected chi connectivity index (χ0v) is 22.2. The van der Waals surface area contributed by atoms with Gasteiger partial charge in [0.15, 0.2) is 0 Å². The van der Waals surface area contributed by atoms with Crippen LogP contribution >= 0.6 is 0 Å². The summed E-state index contributed by atoms with van der Waals surface area (Å²) >= 11 is 0. The Morgan fingerprint density at radius 2 is 1.18 bits per heavy atom. The summed E-state index contributed by atoms with van der Waals surface area (Å²) in [6.07, 6.45) is 6.43. The molecular weight excluding hydrogens is 476 g/mol. The highest BCUT2D eigenvalue weighted by atomic mass is 16.5. The maximum absolute atomic E-state index is 11.8. The van der Waals surface area contributed by atoms with E-state index in [0.717, 1.165) is 55.1 Å².